The molecule has 0 amide bonds. The largest absolute Gasteiger partial charge is 0.458 e. The van der Waals surface area contributed by atoms with Gasteiger partial charge in [-0.15, -0.1) is 0 Å². The van der Waals surface area contributed by atoms with E-state index in [1.807, 2.05) is 4.90 Å². The smallest absolute Gasteiger partial charge is 0.320 e. The molecule has 9 atom stereocenters. The maximum atomic E-state index is 13.8. The first-order chi connectivity index (χ1) is 17.0. The summed E-state index contributed by atoms with van der Waals surface area (Å²) < 4.78 is 29.5. The molecule has 0 spiro atoms. The molecule has 7 rings (SSSR count). The minimum atomic E-state index is -0.593. The van der Waals surface area contributed by atoms with Crippen molar-refractivity contribution in [2.45, 2.75) is 81.4 Å². The van der Waals surface area contributed by atoms with E-state index in [0.717, 1.165) is 44.9 Å². The van der Waals surface area contributed by atoms with E-state index in [1.54, 1.807) is 0 Å². The summed E-state index contributed by atoms with van der Waals surface area (Å²) in [5.41, 5.74) is -0.483. The highest BCUT2D eigenvalue weighted by molar-refractivity contribution is 5.86. The first-order valence-corrected chi connectivity index (χ1v) is 13.6. The topological polar surface area (TPSA) is 101 Å². The van der Waals surface area contributed by atoms with Crippen LogP contribution in [0.25, 0.3) is 0 Å². The second kappa shape index (κ2) is 8.42. The van der Waals surface area contributed by atoms with Crippen LogP contribution < -0.4 is 0 Å². The van der Waals surface area contributed by atoms with Gasteiger partial charge in [0.15, 0.2) is 0 Å². The molecule has 0 aromatic carbocycles. The van der Waals surface area contributed by atoms with Gasteiger partial charge in [-0.1, -0.05) is 0 Å². The SMILES string of the molecule is O=C(CN1CCOCC1)OC1C2CC3C1OC(=O)C3C2C(=O)OC1(C2CC3CCC2O3)CCCC1. The predicted octanol–water partition coefficient (Wildman–Crippen LogP) is 1.46. The van der Waals surface area contributed by atoms with Gasteiger partial charge < -0.3 is 23.7 Å². The number of rotatable bonds is 6. The van der Waals surface area contributed by atoms with Gasteiger partial charge in [0, 0.05) is 30.8 Å². The predicted molar refractivity (Wildman–Crippen MR) is 119 cm³/mol. The fourth-order valence-corrected chi connectivity index (χ4v) is 8.58. The van der Waals surface area contributed by atoms with Crippen molar-refractivity contribution < 1.29 is 38.1 Å². The Bertz CT molecular complexity index is 896. The van der Waals surface area contributed by atoms with Crippen LogP contribution in [0, 0.1) is 29.6 Å². The average molecular weight is 490 g/mol. The first kappa shape index (κ1) is 22.5. The summed E-state index contributed by atoms with van der Waals surface area (Å²) in [7, 11) is 0. The average Bonchev–Trinajstić information content (AvgIpc) is 3.67. The Hall–Kier alpha value is -1.71. The molecule has 9 heteroatoms. The van der Waals surface area contributed by atoms with E-state index in [0.29, 0.717) is 38.8 Å². The summed E-state index contributed by atoms with van der Waals surface area (Å²) in [6, 6.07) is 0. The number of fused-ring (bicyclic) bond motifs is 3. The molecule has 4 saturated heterocycles. The van der Waals surface area contributed by atoms with Gasteiger partial charge in [-0.05, 0) is 51.4 Å². The van der Waals surface area contributed by atoms with Gasteiger partial charge in [-0.3, -0.25) is 19.3 Å². The molecule has 3 saturated carbocycles. The van der Waals surface area contributed by atoms with E-state index >= 15 is 0 Å². The normalized spacial score (nSPS) is 45.1. The first-order valence-electron chi connectivity index (χ1n) is 13.6. The van der Waals surface area contributed by atoms with Crippen LogP contribution in [0.4, 0.5) is 0 Å². The van der Waals surface area contributed by atoms with E-state index in [-0.39, 0.29) is 48.3 Å². The highest BCUT2D eigenvalue weighted by atomic mass is 16.6. The van der Waals surface area contributed by atoms with Gasteiger partial charge >= 0.3 is 17.9 Å². The van der Waals surface area contributed by atoms with E-state index in [1.165, 1.54) is 0 Å². The van der Waals surface area contributed by atoms with Crippen molar-refractivity contribution in [3.05, 3.63) is 0 Å². The van der Waals surface area contributed by atoms with Crippen molar-refractivity contribution in [2.75, 3.05) is 32.8 Å². The summed E-state index contributed by atoms with van der Waals surface area (Å²) in [6.07, 6.45) is 7.08. The second-order valence-corrected chi connectivity index (χ2v) is 11.8. The third-order valence-corrected chi connectivity index (χ3v) is 10.1. The third-order valence-electron chi connectivity index (χ3n) is 10.1. The lowest BCUT2D eigenvalue weighted by molar-refractivity contribution is -0.182. The van der Waals surface area contributed by atoms with Gasteiger partial charge in [0.25, 0.3) is 0 Å². The zero-order valence-corrected chi connectivity index (χ0v) is 20.1. The Labute approximate surface area is 205 Å². The molecule has 35 heavy (non-hydrogen) atoms. The van der Waals surface area contributed by atoms with E-state index < -0.39 is 29.6 Å². The quantitative estimate of drug-likeness (QED) is 0.405. The lowest BCUT2D eigenvalue weighted by Crippen LogP contribution is -2.49. The zero-order valence-electron chi connectivity index (χ0n) is 20.1. The zero-order chi connectivity index (χ0) is 23.7. The van der Waals surface area contributed by atoms with Crippen LogP contribution in [0.15, 0.2) is 0 Å². The highest BCUT2D eigenvalue weighted by Crippen LogP contribution is 2.60. The van der Waals surface area contributed by atoms with Gasteiger partial charge in [-0.25, -0.2) is 0 Å². The lowest BCUT2D eigenvalue weighted by Gasteiger charge is -2.40. The molecule has 0 radical (unpaired) electrons. The van der Waals surface area contributed by atoms with Crippen LogP contribution in [0.5, 0.6) is 0 Å². The van der Waals surface area contributed by atoms with Crippen LogP contribution in [-0.2, 0) is 38.1 Å². The standard InChI is InChI=1S/C26H35NO8/c28-19(13-27-7-9-31-10-8-27)33-22-16-12-15-20(24(29)34-23(15)22)21(16)25(30)35-26(5-1-2-6-26)17-11-14-3-4-18(17)32-14/h14-18,20-23H,1-13H2. The van der Waals surface area contributed by atoms with Crippen LogP contribution in [-0.4, -0.2) is 85.7 Å². The van der Waals surface area contributed by atoms with Gasteiger partial charge in [0.05, 0.1) is 43.8 Å². The fourth-order valence-electron chi connectivity index (χ4n) is 8.58. The molecule has 192 valence electrons. The monoisotopic (exact) mass is 489 g/mol. The number of hydrogen-bond donors (Lipinski definition) is 0. The van der Waals surface area contributed by atoms with Crippen molar-refractivity contribution in [3.63, 3.8) is 0 Å². The Morgan fingerprint density at radius 3 is 2.57 bits per heavy atom. The summed E-state index contributed by atoms with van der Waals surface area (Å²) in [4.78, 5) is 41.4. The van der Waals surface area contributed by atoms with E-state index in [9.17, 15) is 14.4 Å². The molecule has 4 aliphatic heterocycles. The minimum Gasteiger partial charge on any atom is -0.458 e. The second-order valence-electron chi connectivity index (χ2n) is 11.8. The molecule has 0 N–H and O–H groups in total. The summed E-state index contributed by atoms with van der Waals surface area (Å²) in [5.74, 6) is -2.07. The Morgan fingerprint density at radius 2 is 1.86 bits per heavy atom. The summed E-state index contributed by atoms with van der Waals surface area (Å²) in [6.45, 7) is 2.77. The van der Waals surface area contributed by atoms with Gasteiger partial charge in [0.1, 0.15) is 17.8 Å². The number of nitrogens with zero attached hydrogens (tertiary/aromatic N) is 1. The molecule has 9 nitrogen and oxygen atoms in total. The Balaban J connectivity index is 1.08. The molecular formula is C26H35NO8. The fraction of sp³-hybridized carbons (Fsp3) is 0.885. The third kappa shape index (κ3) is 3.55. The molecular weight excluding hydrogens is 454 g/mol. The highest BCUT2D eigenvalue weighted by Gasteiger charge is 2.71. The van der Waals surface area contributed by atoms with Crippen molar-refractivity contribution in [1.29, 1.82) is 0 Å². The van der Waals surface area contributed by atoms with Gasteiger partial charge in [0.2, 0.25) is 0 Å². The number of ether oxygens (including phenoxy) is 5. The van der Waals surface area contributed by atoms with Crippen LogP contribution in [0.3, 0.4) is 0 Å². The van der Waals surface area contributed by atoms with Gasteiger partial charge in [-0.2, -0.15) is 0 Å². The van der Waals surface area contributed by atoms with Crippen LogP contribution in [0.2, 0.25) is 0 Å². The minimum absolute atomic E-state index is 0.0726. The number of morpholine rings is 1. The van der Waals surface area contributed by atoms with E-state index in [4.69, 9.17) is 23.7 Å². The molecule has 4 heterocycles. The molecule has 0 aromatic rings. The number of carbonyl (C=O) groups excluding carboxylic acids is 3. The van der Waals surface area contributed by atoms with Crippen molar-refractivity contribution in [3.8, 4) is 0 Å². The lowest BCUT2D eigenvalue weighted by atomic mass is 9.75. The number of hydrogen-bond acceptors (Lipinski definition) is 9. The van der Waals surface area contributed by atoms with Crippen LogP contribution in [0.1, 0.15) is 51.4 Å². The van der Waals surface area contributed by atoms with Crippen molar-refractivity contribution >= 4 is 17.9 Å². The molecule has 7 aliphatic rings. The number of carbonyl (C=O) groups is 3. The Kier molecular flexibility index (Phi) is 5.41. The Morgan fingerprint density at radius 1 is 1.06 bits per heavy atom. The summed E-state index contributed by atoms with van der Waals surface area (Å²) in [5, 5.41) is 0. The molecule has 0 aromatic heterocycles. The molecule has 9 unspecified atom stereocenters. The number of esters is 3. The maximum absolute atomic E-state index is 13.8. The van der Waals surface area contributed by atoms with Crippen LogP contribution >= 0.6 is 0 Å². The maximum Gasteiger partial charge on any atom is 0.320 e. The molecule has 4 bridgehead atoms. The molecule has 3 aliphatic carbocycles. The summed E-state index contributed by atoms with van der Waals surface area (Å²) >= 11 is 0. The van der Waals surface area contributed by atoms with E-state index in [2.05, 4.69) is 0 Å². The molecule has 7 fully saturated rings. The van der Waals surface area contributed by atoms with Crippen molar-refractivity contribution in [2.24, 2.45) is 29.6 Å². The van der Waals surface area contributed by atoms with Crippen molar-refractivity contribution in [1.82, 2.24) is 4.90 Å².